The van der Waals surface area contributed by atoms with Gasteiger partial charge in [0.05, 0.1) is 18.2 Å². The van der Waals surface area contributed by atoms with Gasteiger partial charge in [-0.25, -0.2) is 0 Å². The van der Waals surface area contributed by atoms with Crippen LogP contribution < -0.4 is 9.47 Å². The lowest BCUT2D eigenvalue weighted by molar-refractivity contribution is 0.258. The fraction of sp³-hybridized carbons (Fsp3) is 0.200. The van der Waals surface area contributed by atoms with Crippen molar-refractivity contribution in [2.24, 2.45) is 0 Å². The minimum atomic E-state index is -0.0487. The molecule has 3 nitrogen and oxygen atoms in total. The summed E-state index contributed by atoms with van der Waals surface area (Å²) in [5, 5.41) is 9.30. The topological polar surface area (TPSA) is 38.7 Å². The van der Waals surface area contributed by atoms with Crippen molar-refractivity contribution in [3.05, 3.63) is 58.1 Å². The second-order valence-corrected chi connectivity index (χ2v) is 4.88. The van der Waals surface area contributed by atoms with E-state index in [2.05, 4.69) is 15.9 Å². The molecule has 0 atom stereocenters. The van der Waals surface area contributed by atoms with Crippen LogP contribution in [0.5, 0.6) is 11.5 Å². The first-order valence-electron chi connectivity index (χ1n) is 5.88. The Morgan fingerprint density at radius 3 is 2.68 bits per heavy atom. The highest BCUT2D eigenvalue weighted by Gasteiger charge is 2.07. The third-order valence-electron chi connectivity index (χ3n) is 2.74. The Balaban J connectivity index is 2.14. The maximum absolute atomic E-state index is 9.30. The Hall–Kier alpha value is -1.52. The predicted molar refractivity (Wildman–Crippen MR) is 77.4 cm³/mol. The van der Waals surface area contributed by atoms with Crippen LogP contribution in [0.25, 0.3) is 0 Å². The molecule has 0 aliphatic heterocycles. The van der Waals surface area contributed by atoms with E-state index < -0.39 is 0 Å². The highest BCUT2D eigenvalue weighted by atomic mass is 79.9. The van der Waals surface area contributed by atoms with E-state index in [-0.39, 0.29) is 6.61 Å². The lowest BCUT2D eigenvalue weighted by atomic mass is 10.2. The minimum Gasteiger partial charge on any atom is -0.497 e. The summed E-state index contributed by atoms with van der Waals surface area (Å²) < 4.78 is 11.8. The predicted octanol–water partition coefficient (Wildman–Crippen LogP) is 3.53. The van der Waals surface area contributed by atoms with E-state index >= 15 is 0 Å². The van der Waals surface area contributed by atoms with E-state index in [0.717, 1.165) is 21.3 Å². The van der Waals surface area contributed by atoms with E-state index in [1.165, 1.54) is 0 Å². The standard InChI is InChI=1S/C15H15BrO3/c1-18-13-6-2-4-11(8-13)10-19-15-12(9-17)5-3-7-14(15)16/h2-8,17H,9-10H2,1H3. The Bertz CT molecular complexity index is 555. The molecule has 2 aromatic carbocycles. The average molecular weight is 323 g/mol. The molecule has 100 valence electrons. The summed E-state index contributed by atoms with van der Waals surface area (Å²) in [6.45, 7) is 0.375. The molecule has 0 unspecified atom stereocenters. The van der Waals surface area contributed by atoms with Crippen molar-refractivity contribution in [3.63, 3.8) is 0 Å². The van der Waals surface area contributed by atoms with Gasteiger partial charge in [-0.05, 0) is 39.7 Å². The van der Waals surface area contributed by atoms with Crippen molar-refractivity contribution < 1.29 is 14.6 Å². The van der Waals surface area contributed by atoms with Crippen molar-refractivity contribution in [1.29, 1.82) is 0 Å². The number of benzene rings is 2. The van der Waals surface area contributed by atoms with Crippen LogP contribution in [-0.2, 0) is 13.2 Å². The molecule has 0 saturated heterocycles. The third-order valence-corrected chi connectivity index (χ3v) is 3.36. The fourth-order valence-corrected chi connectivity index (χ4v) is 2.28. The number of hydrogen-bond donors (Lipinski definition) is 1. The van der Waals surface area contributed by atoms with Crippen LogP contribution in [0.1, 0.15) is 11.1 Å². The fourth-order valence-electron chi connectivity index (χ4n) is 1.76. The number of aliphatic hydroxyl groups excluding tert-OH is 1. The summed E-state index contributed by atoms with van der Waals surface area (Å²) in [4.78, 5) is 0. The van der Waals surface area contributed by atoms with Gasteiger partial charge < -0.3 is 14.6 Å². The molecule has 0 aliphatic carbocycles. The number of methoxy groups -OCH3 is 1. The molecule has 0 fully saturated rings. The number of para-hydroxylation sites is 1. The monoisotopic (exact) mass is 322 g/mol. The van der Waals surface area contributed by atoms with Gasteiger partial charge in [0.2, 0.25) is 0 Å². The van der Waals surface area contributed by atoms with Crippen molar-refractivity contribution >= 4 is 15.9 Å². The van der Waals surface area contributed by atoms with Gasteiger partial charge in [-0.3, -0.25) is 0 Å². The molecule has 1 N–H and O–H groups in total. The molecule has 0 bridgehead atoms. The highest BCUT2D eigenvalue weighted by molar-refractivity contribution is 9.10. The number of hydrogen-bond acceptors (Lipinski definition) is 3. The maximum atomic E-state index is 9.30. The summed E-state index contributed by atoms with van der Waals surface area (Å²) in [6, 6.07) is 13.3. The van der Waals surface area contributed by atoms with Crippen LogP contribution in [0.2, 0.25) is 0 Å². The first-order valence-corrected chi connectivity index (χ1v) is 6.68. The number of halogens is 1. The minimum absolute atomic E-state index is 0.0487. The molecule has 0 heterocycles. The van der Waals surface area contributed by atoms with Gasteiger partial charge in [0.25, 0.3) is 0 Å². The number of rotatable bonds is 5. The lowest BCUT2D eigenvalue weighted by Crippen LogP contribution is -2.00. The molecule has 0 aromatic heterocycles. The molecule has 0 aliphatic rings. The van der Waals surface area contributed by atoms with Gasteiger partial charge in [0, 0.05) is 5.56 Å². The van der Waals surface area contributed by atoms with Crippen LogP contribution >= 0.6 is 15.9 Å². The Labute approximate surface area is 120 Å². The molecule has 0 amide bonds. The second kappa shape index (κ2) is 6.59. The molecular weight excluding hydrogens is 308 g/mol. The van der Waals surface area contributed by atoms with E-state index in [9.17, 15) is 5.11 Å². The van der Waals surface area contributed by atoms with Crippen LogP contribution in [0.15, 0.2) is 46.9 Å². The first kappa shape index (κ1) is 13.9. The van der Waals surface area contributed by atoms with Crippen LogP contribution in [-0.4, -0.2) is 12.2 Å². The van der Waals surface area contributed by atoms with Gasteiger partial charge >= 0.3 is 0 Å². The Morgan fingerprint density at radius 1 is 1.16 bits per heavy atom. The third kappa shape index (κ3) is 3.49. The maximum Gasteiger partial charge on any atom is 0.139 e. The summed E-state index contributed by atoms with van der Waals surface area (Å²) in [7, 11) is 1.64. The van der Waals surface area contributed by atoms with Crippen molar-refractivity contribution in [1.82, 2.24) is 0 Å². The normalized spacial score (nSPS) is 10.3. The van der Waals surface area contributed by atoms with E-state index in [1.54, 1.807) is 7.11 Å². The smallest absolute Gasteiger partial charge is 0.139 e. The molecule has 4 heteroatoms. The van der Waals surface area contributed by atoms with E-state index in [1.807, 2.05) is 42.5 Å². The zero-order chi connectivity index (χ0) is 13.7. The molecular formula is C15H15BrO3. The highest BCUT2D eigenvalue weighted by Crippen LogP contribution is 2.30. The van der Waals surface area contributed by atoms with Crippen LogP contribution in [0, 0.1) is 0 Å². The van der Waals surface area contributed by atoms with Crippen LogP contribution in [0.3, 0.4) is 0 Å². The first-order chi connectivity index (χ1) is 9.24. The number of ether oxygens (including phenoxy) is 2. The molecule has 0 spiro atoms. The molecule has 0 saturated carbocycles. The molecule has 2 rings (SSSR count). The van der Waals surface area contributed by atoms with Gasteiger partial charge in [-0.1, -0.05) is 24.3 Å². The molecule has 0 radical (unpaired) electrons. The zero-order valence-corrected chi connectivity index (χ0v) is 12.2. The Kier molecular flexibility index (Phi) is 4.82. The average Bonchev–Trinajstić information content (AvgIpc) is 2.46. The zero-order valence-electron chi connectivity index (χ0n) is 10.6. The van der Waals surface area contributed by atoms with Crippen molar-refractivity contribution in [2.45, 2.75) is 13.2 Å². The van der Waals surface area contributed by atoms with E-state index in [4.69, 9.17) is 9.47 Å². The van der Waals surface area contributed by atoms with Gasteiger partial charge in [0.1, 0.15) is 18.1 Å². The summed E-state index contributed by atoms with van der Waals surface area (Å²) >= 11 is 3.43. The molecule has 2 aromatic rings. The quantitative estimate of drug-likeness (QED) is 0.915. The lowest BCUT2D eigenvalue weighted by Gasteiger charge is -2.12. The van der Waals surface area contributed by atoms with Gasteiger partial charge in [0.15, 0.2) is 0 Å². The number of aliphatic hydroxyl groups is 1. The van der Waals surface area contributed by atoms with Gasteiger partial charge in [-0.15, -0.1) is 0 Å². The van der Waals surface area contributed by atoms with E-state index in [0.29, 0.717) is 12.4 Å². The van der Waals surface area contributed by atoms with Crippen molar-refractivity contribution in [3.8, 4) is 11.5 Å². The SMILES string of the molecule is COc1cccc(COc2c(Br)cccc2CO)c1. The molecule has 19 heavy (non-hydrogen) atoms. The summed E-state index contributed by atoms with van der Waals surface area (Å²) in [5.74, 6) is 1.48. The summed E-state index contributed by atoms with van der Waals surface area (Å²) in [6.07, 6.45) is 0. The van der Waals surface area contributed by atoms with Crippen molar-refractivity contribution in [2.75, 3.05) is 7.11 Å². The summed E-state index contributed by atoms with van der Waals surface area (Å²) in [5.41, 5.74) is 1.77. The van der Waals surface area contributed by atoms with Crippen LogP contribution in [0.4, 0.5) is 0 Å². The second-order valence-electron chi connectivity index (χ2n) is 4.03. The van der Waals surface area contributed by atoms with Gasteiger partial charge in [-0.2, -0.15) is 0 Å². The Morgan fingerprint density at radius 2 is 1.95 bits per heavy atom. The largest absolute Gasteiger partial charge is 0.497 e.